The lowest BCUT2D eigenvalue weighted by Crippen LogP contribution is -2.04. The Bertz CT molecular complexity index is 1140. The molecule has 176 valence electrons. The van der Waals surface area contributed by atoms with E-state index in [4.69, 9.17) is 4.74 Å². The Kier molecular flexibility index (Phi) is 7.97. The molecular weight excluding hydrogens is 420 g/mol. The first-order chi connectivity index (χ1) is 16.6. The molecule has 1 aliphatic carbocycles. The van der Waals surface area contributed by atoms with Crippen LogP contribution in [0.4, 0.5) is 0 Å². The summed E-state index contributed by atoms with van der Waals surface area (Å²) >= 11 is 0. The minimum Gasteiger partial charge on any atom is -0.458 e. The van der Waals surface area contributed by atoms with E-state index in [9.17, 15) is 9.90 Å². The summed E-state index contributed by atoms with van der Waals surface area (Å²) in [5.74, 6) is 0.274. The number of ether oxygens (including phenoxy) is 1. The van der Waals surface area contributed by atoms with Crippen LogP contribution in [0.1, 0.15) is 60.3 Å². The number of aryl methyl sites for hydroxylation is 1. The van der Waals surface area contributed by atoms with Crippen molar-refractivity contribution in [1.82, 2.24) is 0 Å². The van der Waals surface area contributed by atoms with Crippen LogP contribution in [0.5, 0.6) is 0 Å². The van der Waals surface area contributed by atoms with Crippen molar-refractivity contribution >= 4 is 5.97 Å². The Morgan fingerprint density at radius 2 is 1.68 bits per heavy atom. The Labute approximate surface area is 203 Å². The van der Waals surface area contributed by atoms with Gasteiger partial charge in [0.1, 0.15) is 6.61 Å². The summed E-state index contributed by atoms with van der Waals surface area (Å²) < 4.78 is 5.34. The molecule has 0 aliphatic heterocycles. The fourth-order valence-electron chi connectivity index (χ4n) is 5.07. The van der Waals surface area contributed by atoms with Crippen molar-refractivity contribution in [2.75, 3.05) is 6.61 Å². The van der Waals surface area contributed by atoms with Gasteiger partial charge < -0.3 is 9.84 Å². The standard InChI is InChI=1S/C31H34O3/c1-3-31(33)34-21-28-20-23(17-18-32)9-15-30(28)27-14-16-29(22(2)19-27)26-12-10-25(11-13-26)24-7-5-4-6-8-24/h3,9-16,19-20,24,32H,1,4-8,17-18,21H2,2H3. The lowest BCUT2D eigenvalue weighted by molar-refractivity contribution is -0.138. The van der Waals surface area contributed by atoms with E-state index in [1.54, 1.807) is 0 Å². The number of esters is 1. The molecule has 0 spiro atoms. The van der Waals surface area contributed by atoms with Crippen molar-refractivity contribution in [3.8, 4) is 22.3 Å². The summed E-state index contributed by atoms with van der Waals surface area (Å²) in [5, 5.41) is 9.32. The molecule has 1 aliphatic rings. The predicted octanol–water partition coefficient (Wildman–Crippen LogP) is 7.14. The van der Waals surface area contributed by atoms with Crippen molar-refractivity contribution < 1.29 is 14.6 Å². The zero-order valence-electron chi connectivity index (χ0n) is 20.1. The summed E-state index contributed by atoms with van der Waals surface area (Å²) in [6.07, 6.45) is 8.45. The third kappa shape index (κ3) is 5.66. The van der Waals surface area contributed by atoms with Crippen LogP contribution in [0.15, 0.2) is 73.3 Å². The van der Waals surface area contributed by atoms with Gasteiger partial charge in [-0.05, 0) is 76.6 Å². The molecule has 0 aromatic heterocycles. The number of benzene rings is 3. The van der Waals surface area contributed by atoms with E-state index in [-0.39, 0.29) is 13.2 Å². The average molecular weight is 455 g/mol. The number of carbonyl (C=O) groups excluding carboxylic acids is 1. The summed E-state index contributed by atoms with van der Waals surface area (Å²) in [4.78, 5) is 11.6. The second kappa shape index (κ2) is 11.3. The van der Waals surface area contributed by atoms with Crippen molar-refractivity contribution in [2.45, 2.75) is 58.0 Å². The van der Waals surface area contributed by atoms with Crippen LogP contribution in [0, 0.1) is 6.92 Å². The molecule has 0 saturated heterocycles. The quantitative estimate of drug-likeness (QED) is 0.291. The third-order valence-electron chi connectivity index (χ3n) is 6.94. The number of rotatable bonds is 8. The highest BCUT2D eigenvalue weighted by Gasteiger charge is 2.16. The average Bonchev–Trinajstić information content (AvgIpc) is 2.88. The molecule has 0 bridgehead atoms. The lowest BCUT2D eigenvalue weighted by atomic mass is 9.83. The second-order valence-electron chi connectivity index (χ2n) is 9.26. The van der Waals surface area contributed by atoms with Crippen molar-refractivity contribution in [2.24, 2.45) is 0 Å². The summed E-state index contributed by atoms with van der Waals surface area (Å²) in [5.41, 5.74) is 9.20. The van der Waals surface area contributed by atoms with Gasteiger partial charge in [0.2, 0.25) is 0 Å². The zero-order chi connectivity index (χ0) is 23.9. The third-order valence-corrected chi connectivity index (χ3v) is 6.94. The van der Waals surface area contributed by atoms with E-state index in [1.807, 2.05) is 12.1 Å². The first-order valence-corrected chi connectivity index (χ1v) is 12.3. The van der Waals surface area contributed by atoms with Crippen molar-refractivity contribution in [1.29, 1.82) is 0 Å². The van der Waals surface area contributed by atoms with Crippen LogP contribution in [0.3, 0.4) is 0 Å². The van der Waals surface area contributed by atoms with E-state index >= 15 is 0 Å². The first kappa shape index (κ1) is 24.0. The van der Waals surface area contributed by atoms with Crippen molar-refractivity contribution in [3.63, 3.8) is 0 Å². The highest BCUT2D eigenvalue weighted by molar-refractivity contribution is 5.81. The predicted molar refractivity (Wildman–Crippen MR) is 139 cm³/mol. The molecule has 4 rings (SSSR count). The molecule has 1 saturated carbocycles. The molecule has 3 aromatic carbocycles. The Morgan fingerprint density at radius 3 is 2.35 bits per heavy atom. The van der Waals surface area contributed by atoms with Gasteiger partial charge in [0.05, 0.1) is 0 Å². The Hall–Kier alpha value is -3.17. The molecule has 3 aromatic rings. The molecule has 34 heavy (non-hydrogen) atoms. The molecule has 3 nitrogen and oxygen atoms in total. The molecule has 3 heteroatoms. The smallest absolute Gasteiger partial charge is 0.330 e. The minimum atomic E-state index is -0.443. The van der Waals surface area contributed by atoms with Crippen LogP contribution in [-0.4, -0.2) is 17.7 Å². The number of carbonyl (C=O) groups is 1. The molecule has 0 atom stereocenters. The minimum absolute atomic E-state index is 0.0819. The van der Waals surface area contributed by atoms with E-state index < -0.39 is 5.97 Å². The SMILES string of the molecule is C=CC(=O)OCc1cc(CCO)ccc1-c1ccc(-c2ccc(C3CCCCC3)cc2)c(C)c1. The van der Waals surface area contributed by atoms with Gasteiger partial charge in [-0.1, -0.05) is 86.5 Å². The molecule has 1 N–H and O–H groups in total. The second-order valence-corrected chi connectivity index (χ2v) is 9.26. The molecule has 0 amide bonds. The van der Waals surface area contributed by atoms with Gasteiger partial charge in [-0.15, -0.1) is 0 Å². The van der Waals surface area contributed by atoms with Gasteiger partial charge >= 0.3 is 5.97 Å². The van der Waals surface area contributed by atoms with Gasteiger partial charge in [-0.2, -0.15) is 0 Å². The molecule has 0 heterocycles. The maximum Gasteiger partial charge on any atom is 0.330 e. The summed E-state index contributed by atoms with van der Waals surface area (Å²) in [6.45, 7) is 5.87. The molecule has 1 fully saturated rings. The van der Waals surface area contributed by atoms with Crippen LogP contribution in [-0.2, 0) is 22.6 Å². The fourth-order valence-corrected chi connectivity index (χ4v) is 5.07. The number of aliphatic hydroxyl groups is 1. The highest BCUT2D eigenvalue weighted by Crippen LogP contribution is 2.35. The maximum absolute atomic E-state index is 11.6. The largest absolute Gasteiger partial charge is 0.458 e. The van der Waals surface area contributed by atoms with E-state index in [0.717, 1.165) is 22.3 Å². The fraction of sp³-hybridized carbons (Fsp3) is 0.323. The van der Waals surface area contributed by atoms with E-state index in [0.29, 0.717) is 12.3 Å². The molecule has 0 unspecified atom stereocenters. The zero-order valence-corrected chi connectivity index (χ0v) is 20.1. The van der Waals surface area contributed by atoms with Crippen LogP contribution >= 0.6 is 0 Å². The van der Waals surface area contributed by atoms with E-state index in [1.165, 1.54) is 60.4 Å². The number of aliphatic hydroxyl groups excluding tert-OH is 1. The van der Waals surface area contributed by atoms with Crippen LogP contribution in [0.2, 0.25) is 0 Å². The summed E-state index contributed by atoms with van der Waals surface area (Å²) in [6, 6.07) is 21.7. The van der Waals surface area contributed by atoms with Crippen LogP contribution in [0.25, 0.3) is 22.3 Å². The molecular formula is C31H34O3. The monoisotopic (exact) mass is 454 g/mol. The number of hydrogen-bond donors (Lipinski definition) is 1. The van der Waals surface area contributed by atoms with Crippen molar-refractivity contribution in [3.05, 3.63) is 95.6 Å². The van der Waals surface area contributed by atoms with Gasteiger partial charge in [0, 0.05) is 12.7 Å². The lowest BCUT2D eigenvalue weighted by Gasteiger charge is -2.22. The Morgan fingerprint density at radius 1 is 0.971 bits per heavy atom. The van der Waals surface area contributed by atoms with Gasteiger partial charge in [0.15, 0.2) is 0 Å². The molecule has 0 radical (unpaired) electrons. The highest BCUT2D eigenvalue weighted by atomic mass is 16.5. The van der Waals surface area contributed by atoms with Gasteiger partial charge in [-0.3, -0.25) is 0 Å². The van der Waals surface area contributed by atoms with Gasteiger partial charge in [-0.25, -0.2) is 4.79 Å². The first-order valence-electron chi connectivity index (χ1n) is 12.3. The maximum atomic E-state index is 11.6. The van der Waals surface area contributed by atoms with E-state index in [2.05, 4.69) is 62.0 Å². The Balaban J connectivity index is 1.60. The topological polar surface area (TPSA) is 46.5 Å². The normalized spacial score (nSPS) is 14.1. The number of hydrogen-bond acceptors (Lipinski definition) is 3. The van der Waals surface area contributed by atoms with Crippen LogP contribution < -0.4 is 0 Å². The van der Waals surface area contributed by atoms with Gasteiger partial charge in [0.25, 0.3) is 0 Å². The summed E-state index contributed by atoms with van der Waals surface area (Å²) in [7, 11) is 0.